The van der Waals surface area contributed by atoms with E-state index in [1.54, 1.807) is 4.68 Å². The fraction of sp³-hybridized carbons (Fsp3) is 0.462. The molecule has 108 valence electrons. The van der Waals surface area contributed by atoms with Crippen molar-refractivity contribution in [1.29, 1.82) is 0 Å². The van der Waals surface area contributed by atoms with Gasteiger partial charge in [-0.25, -0.2) is 4.68 Å². The summed E-state index contributed by atoms with van der Waals surface area (Å²) < 4.78 is 13.9. The molecule has 1 heterocycles. The van der Waals surface area contributed by atoms with Crippen LogP contribution in [-0.2, 0) is 16.3 Å². The maximum atomic E-state index is 12.1. The van der Waals surface area contributed by atoms with E-state index < -0.39 is 10.8 Å². The van der Waals surface area contributed by atoms with Gasteiger partial charge in [-0.05, 0) is 43.3 Å². The van der Waals surface area contributed by atoms with Crippen LogP contribution in [0.25, 0.3) is 0 Å². The summed E-state index contributed by atoms with van der Waals surface area (Å²) in [4.78, 5) is 0.864. The minimum absolute atomic E-state index is 0.148. The minimum atomic E-state index is -0.971. The number of thioether (sulfide) groups is 1. The molecular weight excluding hydrogens is 292 g/mol. The summed E-state index contributed by atoms with van der Waals surface area (Å²) in [5.41, 5.74) is -0.148. The minimum Gasteiger partial charge on any atom is -0.254 e. The zero-order valence-electron chi connectivity index (χ0n) is 11.8. The van der Waals surface area contributed by atoms with Crippen molar-refractivity contribution < 1.29 is 4.21 Å². The first kappa shape index (κ1) is 15.2. The molecule has 0 aliphatic carbocycles. The lowest BCUT2D eigenvalue weighted by Crippen LogP contribution is -2.24. The molecule has 0 amide bonds. The Hall–Kier alpha value is -1.21. The number of tetrazole rings is 1. The highest BCUT2D eigenvalue weighted by atomic mass is 32.2. The smallest absolute Gasteiger partial charge is 0.209 e. The van der Waals surface area contributed by atoms with Crippen molar-refractivity contribution in [3.63, 3.8) is 0 Å². The van der Waals surface area contributed by atoms with E-state index in [1.165, 1.54) is 11.8 Å². The van der Waals surface area contributed by atoms with Crippen molar-refractivity contribution in [2.75, 3.05) is 11.5 Å². The van der Waals surface area contributed by atoms with Gasteiger partial charge in [-0.3, -0.25) is 4.21 Å². The van der Waals surface area contributed by atoms with Gasteiger partial charge in [-0.1, -0.05) is 30.0 Å². The number of benzene rings is 1. The molecule has 1 atom stereocenters. The predicted octanol–water partition coefficient (Wildman–Crippen LogP) is 2.33. The Bertz CT molecular complexity index is 578. The molecule has 0 saturated carbocycles. The normalized spacial score (nSPS) is 13.3. The van der Waals surface area contributed by atoms with Gasteiger partial charge in [0.15, 0.2) is 0 Å². The van der Waals surface area contributed by atoms with Gasteiger partial charge in [0.05, 0.1) is 16.3 Å². The fourth-order valence-electron chi connectivity index (χ4n) is 1.59. The van der Waals surface area contributed by atoms with Gasteiger partial charge in [0.1, 0.15) is 0 Å². The highest BCUT2D eigenvalue weighted by Gasteiger charge is 2.19. The number of aromatic nitrogens is 4. The SMILES string of the molecule is CC(C)(C)n1nnnc1SCC[S@@](=O)c1ccccc1. The van der Waals surface area contributed by atoms with E-state index in [9.17, 15) is 4.21 Å². The molecule has 0 fully saturated rings. The Balaban J connectivity index is 1.91. The van der Waals surface area contributed by atoms with Crippen LogP contribution in [-0.4, -0.2) is 35.9 Å². The lowest BCUT2D eigenvalue weighted by molar-refractivity contribution is 0.321. The Morgan fingerprint density at radius 1 is 1.25 bits per heavy atom. The molecule has 20 heavy (non-hydrogen) atoms. The van der Waals surface area contributed by atoms with Crippen molar-refractivity contribution in [1.82, 2.24) is 20.2 Å². The second-order valence-corrected chi connectivity index (χ2v) is 7.89. The lowest BCUT2D eigenvalue weighted by Gasteiger charge is -2.19. The number of hydrogen-bond acceptors (Lipinski definition) is 5. The number of nitrogens with zero attached hydrogens (tertiary/aromatic N) is 4. The van der Waals surface area contributed by atoms with Crippen LogP contribution in [0.4, 0.5) is 0 Å². The molecule has 0 bridgehead atoms. The van der Waals surface area contributed by atoms with E-state index in [0.29, 0.717) is 5.75 Å². The molecule has 0 spiro atoms. The average molecular weight is 310 g/mol. The van der Waals surface area contributed by atoms with Crippen molar-refractivity contribution in [2.24, 2.45) is 0 Å². The summed E-state index contributed by atoms with van der Waals surface area (Å²) in [5, 5.41) is 12.5. The van der Waals surface area contributed by atoms with Crippen LogP contribution in [0.3, 0.4) is 0 Å². The van der Waals surface area contributed by atoms with Crippen molar-refractivity contribution in [3.8, 4) is 0 Å². The molecule has 2 aromatic rings. The number of rotatable bonds is 5. The van der Waals surface area contributed by atoms with E-state index in [-0.39, 0.29) is 5.54 Å². The van der Waals surface area contributed by atoms with Crippen LogP contribution in [0.1, 0.15) is 20.8 Å². The third-order valence-corrected chi connectivity index (χ3v) is 5.13. The molecule has 0 saturated heterocycles. The molecule has 0 aliphatic heterocycles. The van der Waals surface area contributed by atoms with E-state index in [0.717, 1.165) is 15.8 Å². The van der Waals surface area contributed by atoms with Crippen LogP contribution in [0.15, 0.2) is 40.4 Å². The maximum Gasteiger partial charge on any atom is 0.209 e. The first-order valence-electron chi connectivity index (χ1n) is 6.33. The molecule has 1 aromatic carbocycles. The van der Waals surface area contributed by atoms with Crippen molar-refractivity contribution >= 4 is 22.6 Å². The largest absolute Gasteiger partial charge is 0.254 e. The van der Waals surface area contributed by atoms with Crippen molar-refractivity contribution in [2.45, 2.75) is 36.4 Å². The first-order valence-corrected chi connectivity index (χ1v) is 8.64. The summed E-state index contributed by atoms with van der Waals surface area (Å²) in [6, 6.07) is 9.51. The van der Waals surface area contributed by atoms with Crippen LogP contribution in [0.5, 0.6) is 0 Å². The van der Waals surface area contributed by atoms with Crippen molar-refractivity contribution in [3.05, 3.63) is 30.3 Å². The molecule has 0 unspecified atom stereocenters. The Morgan fingerprint density at radius 3 is 2.60 bits per heavy atom. The van der Waals surface area contributed by atoms with Crippen LogP contribution in [0.2, 0.25) is 0 Å². The topological polar surface area (TPSA) is 60.7 Å². The summed E-state index contributed by atoms with van der Waals surface area (Å²) in [7, 11) is -0.971. The highest BCUT2D eigenvalue weighted by Crippen LogP contribution is 2.21. The van der Waals surface area contributed by atoms with Gasteiger partial charge in [0.2, 0.25) is 5.16 Å². The maximum absolute atomic E-state index is 12.1. The average Bonchev–Trinajstić information content (AvgIpc) is 2.88. The van der Waals surface area contributed by atoms with E-state index in [1.807, 2.05) is 30.3 Å². The quantitative estimate of drug-likeness (QED) is 0.793. The molecule has 0 radical (unpaired) electrons. The molecule has 5 nitrogen and oxygen atoms in total. The molecule has 0 N–H and O–H groups in total. The van der Waals surface area contributed by atoms with Gasteiger partial charge < -0.3 is 0 Å². The molecule has 7 heteroatoms. The van der Waals surface area contributed by atoms with Crippen LogP contribution >= 0.6 is 11.8 Å². The lowest BCUT2D eigenvalue weighted by atomic mass is 10.1. The molecule has 2 rings (SSSR count). The zero-order chi connectivity index (χ0) is 14.6. The summed E-state index contributed by atoms with van der Waals surface area (Å²) >= 11 is 1.54. The molecular formula is C13H18N4OS2. The summed E-state index contributed by atoms with van der Waals surface area (Å²) in [5.74, 6) is 1.31. The second kappa shape index (κ2) is 6.49. The van der Waals surface area contributed by atoms with E-state index in [4.69, 9.17) is 0 Å². The number of hydrogen-bond donors (Lipinski definition) is 0. The molecule has 1 aromatic heterocycles. The summed E-state index contributed by atoms with van der Waals surface area (Å²) in [6.45, 7) is 6.15. The Labute approximate surface area is 125 Å². The first-order chi connectivity index (χ1) is 9.48. The van der Waals surface area contributed by atoms with Gasteiger partial charge in [0.25, 0.3) is 0 Å². The van der Waals surface area contributed by atoms with Gasteiger partial charge in [-0.15, -0.1) is 5.10 Å². The van der Waals surface area contributed by atoms with E-state index >= 15 is 0 Å². The van der Waals surface area contributed by atoms with Crippen LogP contribution in [0, 0.1) is 0 Å². The predicted molar refractivity (Wildman–Crippen MR) is 81.3 cm³/mol. The van der Waals surface area contributed by atoms with E-state index in [2.05, 4.69) is 36.3 Å². The second-order valence-electron chi connectivity index (χ2n) is 5.26. The standard InChI is InChI=1S/C13H18N4OS2/c1-13(2,3)17-12(14-15-16-17)19-9-10-20(18)11-7-5-4-6-8-11/h4-8H,9-10H2,1-3H3/t20-/m1/s1. The third-order valence-electron chi connectivity index (χ3n) is 2.58. The van der Waals surface area contributed by atoms with Crippen LogP contribution < -0.4 is 0 Å². The molecule has 0 aliphatic rings. The Morgan fingerprint density at radius 2 is 1.95 bits per heavy atom. The van der Waals surface area contributed by atoms with Gasteiger partial charge in [-0.2, -0.15) is 0 Å². The van der Waals surface area contributed by atoms with Gasteiger partial charge >= 0.3 is 0 Å². The zero-order valence-corrected chi connectivity index (χ0v) is 13.4. The third kappa shape index (κ3) is 3.89. The van der Waals surface area contributed by atoms with Gasteiger partial charge in [0, 0.05) is 16.4 Å². The highest BCUT2D eigenvalue weighted by molar-refractivity contribution is 8.00. The fourth-order valence-corrected chi connectivity index (χ4v) is 3.93. The monoisotopic (exact) mass is 310 g/mol. The summed E-state index contributed by atoms with van der Waals surface area (Å²) in [6.07, 6.45) is 0. The Kier molecular flexibility index (Phi) is 4.93.